The van der Waals surface area contributed by atoms with Crippen LogP contribution in [0, 0.1) is 0 Å². The summed E-state index contributed by atoms with van der Waals surface area (Å²) >= 11 is 0. The number of amides is 1. The van der Waals surface area contributed by atoms with Crippen LogP contribution < -0.4 is 5.73 Å². The van der Waals surface area contributed by atoms with Crippen molar-refractivity contribution in [1.29, 1.82) is 0 Å². The predicted molar refractivity (Wildman–Crippen MR) is 53.3 cm³/mol. The van der Waals surface area contributed by atoms with E-state index < -0.39 is 0 Å². The Morgan fingerprint density at radius 2 is 1.93 bits per heavy atom. The van der Waals surface area contributed by atoms with Gasteiger partial charge >= 0.3 is 0 Å². The molecule has 0 saturated carbocycles. The molecule has 0 bridgehead atoms. The van der Waals surface area contributed by atoms with Crippen LogP contribution >= 0.6 is 0 Å². The van der Waals surface area contributed by atoms with Crippen molar-refractivity contribution >= 4 is 17.2 Å². The van der Waals surface area contributed by atoms with Gasteiger partial charge in [0, 0.05) is 11.3 Å². The summed E-state index contributed by atoms with van der Waals surface area (Å²) in [5.41, 5.74) is 8.16. The Morgan fingerprint density at radius 3 is 2.50 bits per heavy atom. The van der Waals surface area contributed by atoms with Crippen LogP contribution in [-0.2, 0) is 4.79 Å². The molecular formula is C10H9N3O. The van der Waals surface area contributed by atoms with Crippen molar-refractivity contribution in [2.45, 2.75) is 6.92 Å². The van der Waals surface area contributed by atoms with E-state index >= 15 is 0 Å². The number of para-hydroxylation sites is 1. The molecule has 1 aromatic rings. The summed E-state index contributed by atoms with van der Waals surface area (Å²) in [6.45, 7) is 1.75. The molecule has 14 heavy (non-hydrogen) atoms. The number of azo groups is 1. The van der Waals surface area contributed by atoms with Crippen LogP contribution in [0.1, 0.15) is 12.5 Å². The van der Waals surface area contributed by atoms with Crippen LogP contribution in [-0.4, -0.2) is 5.91 Å². The minimum absolute atomic E-state index is 0.319. The first-order valence-electron chi connectivity index (χ1n) is 4.22. The van der Waals surface area contributed by atoms with E-state index in [1.165, 1.54) is 0 Å². The number of nitrogen functional groups attached to an aromatic ring is 1. The van der Waals surface area contributed by atoms with Gasteiger partial charge in [-0.25, -0.2) is 0 Å². The van der Waals surface area contributed by atoms with Gasteiger partial charge in [-0.15, -0.1) is 5.11 Å². The second-order valence-corrected chi connectivity index (χ2v) is 3.05. The fourth-order valence-electron chi connectivity index (χ4n) is 1.41. The molecule has 2 rings (SSSR count). The van der Waals surface area contributed by atoms with Gasteiger partial charge in [0.1, 0.15) is 0 Å². The zero-order chi connectivity index (χ0) is 10.1. The average Bonchev–Trinajstić information content (AvgIpc) is 2.48. The minimum Gasteiger partial charge on any atom is -0.398 e. The van der Waals surface area contributed by atoms with Gasteiger partial charge in [-0.2, -0.15) is 5.11 Å². The fraction of sp³-hybridized carbons (Fsp3) is 0.100. The molecule has 70 valence electrons. The molecule has 0 atom stereocenters. The van der Waals surface area contributed by atoms with Crippen molar-refractivity contribution in [2.24, 2.45) is 10.2 Å². The van der Waals surface area contributed by atoms with E-state index in [9.17, 15) is 4.79 Å². The third-order valence-corrected chi connectivity index (χ3v) is 2.10. The maximum absolute atomic E-state index is 11.4. The molecule has 0 radical (unpaired) electrons. The Hall–Kier alpha value is -1.97. The van der Waals surface area contributed by atoms with Crippen molar-refractivity contribution in [3.8, 4) is 0 Å². The lowest BCUT2D eigenvalue weighted by molar-refractivity contribution is -0.112. The number of nitrogens with two attached hydrogens (primary N) is 1. The molecule has 1 heterocycles. The number of benzene rings is 1. The summed E-state index contributed by atoms with van der Waals surface area (Å²) in [6.07, 6.45) is 0. The summed E-state index contributed by atoms with van der Waals surface area (Å²) in [5, 5.41) is 7.19. The molecule has 0 saturated heterocycles. The average molecular weight is 187 g/mol. The quantitative estimate of drug-likeness (QED) is 0.683. The highest BCUT2D eigenvalue weighted by atomic mass is 16.2. The lowest BCUT2D eigenvalue weighted by Gasteiger charge is -2.03. The van der Waals surface area contributed by atoms with Gasteiger partial charge in [0.25, 0.3) is 5.91 Å². The summed E-state index contributed by atoms with van der Waals surface area (Å²) in [7, 11) is 0. The van der Waals surface area contributed by atoms with Gasteiger partial charge in [0.15, 0.2) is 0 Å². The maximum Gasteiger partial charge on any atom is 0.297 e. The number of hydrogen-bond acceptors (Lipinski definition) is 3. The van der Waals surface area contributed by atoms with E-state index in [1.54, 1.807) is 19.1 Å². The summed E-state index contributed by atoms with van der Waals surface area (Å²) in [4.78, 5) is 11.4. The van der Waals surface area contributed by atoms with Crippen molar-refractivity contribution < 1.29 is 4.79 Å². The Bertz CT molecular complexity index is 460. The number of rotatable bonds is 1. The highest BCUT2D eigenvalue weighted by Crippen LogP contribution is 2.29. The molecule has 0 aromatic heterocycles. The van der Waals surface area contributed by atoms with Crippen molar-refractivity contribution in [3.05, 3.63) is 35.5 Å². The Labute approximate surface area is 81.1 Å². The van der Waals surface area contributed by atoms with Gasteiger partial charge < -0.3 is 5.73 Å². The zero-order valence-corrected chi connectivity index (χ0v) is 7.69. The highest BCUT2D eigenvalue weighted by Gasteiger charge is 2.21. The topological polar surface area (TPSA) is 67.8 Å². The molecule has 1 aliphatic rings. The summed E-state index contributed by atoms with van der Waals surface area (Å²) < 4.78 is 0. The number of hydrogen-bond donors (Lipinski definition) is 1. The smallest absolute Gasteiger partial charge is 0.297 e. The third kappa shape index (κ3) is 1.21. The number of carbonyl (C=O) groups excluding carboxylic acids is 1. The van der Waals surface area contributed by atoms with Crippen molar-refractivity contribution in [1.82, 2.24) is 0 Å². The Morgan fingerprint density at radius 1 is 1.21 bits per heavy atom. The number of allylic oxidation sites excluding steroid dienone is 1. The lowest BCUT2D eigenvalue weighted by Crippen LogP contribution is -1.99. The second kappa shape index (κ2) is 3.06. The molecule has 0 spiro atoms. The van der Waals surface area contributed by atoms with Gasteiger partial charge in [-0.05, 0) is 13.0 Å². The molecule has 4 heteroatoms. The first kappa shape index (κ1) is 8.62. The van der Waals surface area contributed by atoms with Crippen LogP contribution in [0.4, 0.5) is 5.69 Å². The van der Waals surface area contributed by atoms with Crippen LogP contribution in [0.2, 0.25) is 0 Å². The van der Waals surface area contributed by atoms with E-state index in [4.69, 9.17) is 5.73 Å². The first-order chi connectivity index (χ1) is 6.70. The number of anilines is 1. The summed E-state index contributed by atoms with van der Waals surface area (Å²) in [5.74, 6) is -0.319. The zero-order valence-electron chi connectivity index (χ0n) is 7.69. The molecule has 0 unspecified atom stereocenters. The molecule has 0 fully saturated rings. The standard InChI is InChI=1S/C10H9N3O/c1-6-9(10(14)13-12-6)7-4-2-3-5-8(7)11/h2-5H,11H2,1H3. The van der Waals surface area contributed by atoms with Crippen molar-refractivity contribution in [2.75, 3.05) is 5.73 Å². The molecule has 2 N–H and O–H groups in total. The van der Waals surface area contributed by atoms with E-state index in [0.29, 0.717) is 22.5 Å². The third-order valence-electron chi connectivity index (χ3n) is 2.10. The number of nitrogens with zero attached hydrogens (tertiary/aromatic N) is 2. The van der Waals surface area contributed by atoms with Crippen LogP contribution in [0.3, 0.4) is 0 Å². The van der Waals surface area contributed by atoms with Crippen molar-refractivity contribution in [3.63, 3.8) is 0 Å². The van der Waals surface area contributed by atoms with Crippen LogP contribution in [0.5, 0.6) is 0 Å². The van der Waals surface area contributed by atoms with Crippen LogP contribution in [0.25, 0.3) is 5.57 Å². The van der Waals surface area contributed by atoms with E-state index in [2.05, 4.69) is 10.2 Å². The maximum atomic E-state index is 11.4. The second-order valence-electron chi connectivity index (χ2n) is 3.05. The van der Waals surface area contributed by atoms with E-state index in [0.717, 1.165) is 0 Å². The van der Waals surface area contributed by atoms with Gasteiger partial charge in [-0.1, -0.05) is 18.2 Å². The van der Waals surface area contributed by atoms with E-state index in [-0.39, 0.29) is 5.91 Å². The minimum atomic E-state index is -0.319. The fourth-order valence-corrected chi connectivity index (χ4v) is 1.41. The molecule has 0 aliphatic carbocycles. The monoisotopic (exact) mass is 187 g/mol. The van der Waals surface area contributed by atoms with Gasteiger partial charge in [0.05, 0.1) is 11.3 Å². The molecular weight excluding hydrogens is 178 g/mol. The lowest BCUT2D eigenvalue weighted by atomic mass is 10.0. The molecule has 1 aliphatic heterocycles. The van der Waals surface area contributed by atoms with Gasteiger partial charge in [0.2, 0.25) is 0 Å². The Balaban J connectivity index is 2.57. The summed E-state index contributed by atoms with van der Waals surface area (Å²) in [6, 6.07) is 7.20. The largest absolute Gasteiger partial charge is 0.398 e. The highest BCUT2D eigenvalue weighted by molar-refractivity contribution is 6.23. The molecule has 1 amide bonds. The van der Waals surface area contributed by atoms with Gasteiger partial charge in [-0.3, -0.25) is 4.79 Å². The normalized spacial score (nSPS) is 15.4. The van der Waals surface area contributed by atoms with E-state index in [1.807, 2.05) is 12.1 Å². The first-order valence-corrected chi connectivity index (χ1v) is 4.22. The Kier molecular flexibility index (Phi) is 1.89. The molecule has 1 aromatic carbocycles. The number of carbonyl (C=O) groups is 1. The predicted octanol–water partition coefficient (Wildman–Crippen LogP) is 1.99. The molecule has 4 nitrogen and oxygen atoms in total. The SMILES string of the molecule is CC1=C(c2ccccc2N)C(=O)N=N1. The van der Waals surface area contributed by atoms with Crippen LogP contribution in [0.15, 0.2) is 40.2 Å².